The Morgan fingerprint density at radius 3 is 2.41 bits per heavy atom. The Kier molecular flexibility index (Phi) is 6.98. The molecule has 2 N–H and O–H groups in total. The monoisotopic (exact) mass is 373 g/mol. The van der Waals surface area contributed by atoms with Gasteiger partial charge in [-0.1, -0.05) is 0 Å². The van der Waals surface area contributed by atoms with Crippen LogP contribution in [-0.4, -0.2) is 45.2 Å². The predicted molar refractivity (Wildman–Crippen MR) is 85.5 cm³/mol. The number of guanidine groups is 1. The molecule has 0 heterocycles. The van der Waals surface area contributed by atoms with Gasteiger partial charge in [-0.2, -0.15) is 0 Å². The van der Waals surface area contributed by atoms with Crippen molar-refractivity contribution in [3.8, 4) is 0 Å². The van der Waals surface area contributed by atoms with Gasteiger partial charge in [0, 0.05) is 34.4 Å². The highest BCUT2D eigenvalue weighted by molar-refractivity contribution is 14.0. The van der Waals surface area contributed by atoms with Crippen molar-refractivity contribution in [2.75, 3.05) is 19.3 Å². The fourth-order valence-corrected chi connectivity index (χ4v) is 2.18. The lowest BCUT2D eigenvalue weighted by atomic mass is 10.3. The van der Waals surface area contributed by atoms with Crippen LogP contribution < -0.4 is 5.73 Å². The third kappa shape index (κ3) is 6.03. The second-order valence-electron chi connectivity index (χ2n) is 5.24. The van der Waals surface area contributed by atoms with Crippen LogP contribution in [0.25, 0.3) is 0 Å². The van der Waals surface area contributed by atoms with E-state index in [1.54, 1.807) is 0 Å². The Labute approximate surface area is 124 Å². The average molecular weight is 373 g/mol. The van der Waals surface area contributed by atoms with Gasteiger partial charge in [-0.15, -0.1) is 24.0 Å². The summed E-state index contributed by atoms with van der Waals surface area (Å²) in [7, 11) is 1.13. The van der Waals surface area contributed by atoms with Crippen molar-refractivity contribution in [1.82, 2.24) is 4.90 Å². The number of halogens is 1. The summed E-state index contributed by atoms with van der Waals surface area (Å²) in [5.74, 6) is 1.16. The van der Waals surface area contributed by atoms with Crippen molar-refractivity contribution in [2.24, 2.45) is 10.7 Å². The molecule has 1 saturated carbocycles. The minimum atomic E-state index is -0.843. The van der Waals surface area contributed by atoms with Crippen LogP contribution in [0.4, 0.5) is 0 Å². The minimum absolute atomic E-state index is 0. The van der Waals surface area contributed by atoms with E-state index >= 15 is 0 Å². The summed E-state index contributed by atoms with van der Waals surface area (Å²) >= 11 is 0. The van der Waals surface area contributed by atoms with E-state index in [1.807, 2.05) is 32.7 Å². The Bertz CT molecular complexity index is 298. The van der Waals surface area contributed by atoms with Crippen molar-refractivity contribution in [3.63, 3.8) is 0 Å². The maximum absolute atomic E-state index is 11.7. The number of nitrogens with two attached hydrogens (primary N) is 1. The summed E-state index contributed by atoms with van der Waals surface area (Å²) in [6, 6.07) is 0.580. The van der Waals surface area contributed by atoms with Crippen LogP contribution in [0.2, 0.25) is 0 Å². The predicted octanol–water partition coefficient (Wildman–Crippen LogP) is 1.56. The lowest BCUT2D eigenvalue weighted by Gasteiger charge is -2.18. The van der Waals surface area contributed by atoms with E-state index in [2.05, 4.69) is 4.99 Å². The van der Waals surface area contributed by atoms with E-state index in [1.165, 1.54) is 12.8 Å². The van der Waals surface area contributed by atoms with Gasteiger partial charge in [0.1, 0.15) is 0 Å². The Balaban J connectivity index is 0.00000256. The molecule has 1 fully saturated rings. The summed E-state index contributed by atoms with van der Waals surface area (Å²) in [5, 5.41) is 0. The van der Waals surface area contributed by atoms with Gasteiger partial charge in [-0.3, -0.25) is 9.20 Å². The van der Waals surface area contributed by atoms with Gasteiger partial charge >= 0.3 is 0 Å². The first-order valence-electron chi connectivity index (χ1n) is 5.73. The van der Waals surface area contributed by atoms with Gasteiger partial charge < -0.3 is 10.6 Å². The Hall–Kier alpha value is 0.150. The summed E-state index contributed by atoms with van der Waals surface area (Å²) in [6.45, 7) is 6.48. The van der Waals surface area contributed by atoms with E-state index in [4.69, 9.17) is 5.73 Å². The molecule has 102 valence electrons. The second-order valence-corrected chi connectivity index (χ2v) is 7.57. The van der Waals surface area contributed by atoms with Gasteiger partial charge in [-0.05, 0) is 33.6 Å². The van der Waals surface area contributed by atoms with E-state index in [9.17, 15) is 4.21 Å². The maximum atomic E-state index is 11.7. The normalized spacial score (nSPS) is 18.5. The van der Waals surface area contributed by atoms with Gasteiger partial charge in [-0.25, -0.2) is 0 Å². The van der Waals surface area contributed by atoms with E-state index in [0.717, 1.165) is 0 Å². The molecule has 0 bridgehead atoms. The molecule has 1 aliphatic carbocycles. The number of nitrogens with zero attached hydrogens (tertiary/aromatic N) is 2. The molecule has 0 radical (unpaired) electrons. The molecule has 0 aromatic heterocycles. The minimum Gasteiger partial charge on any atom is -0.370 e. The molecule has 0 amide bonds. The van der Waals surface area contributed by atoms with E-state index in [-0.39, 0.29) is 28.7 Å². The number of hydrogen-bond acceptors (Lipinski definition) is 2. The van der Waals surface area contributed by atoms with Gasteiger partial charge in [0.15, 0.2) is 5.96 Å². The standard InChI is InChI=1S/C11H23N3OS.HI/c1-11(2,3)16(15)8-7-13-10(12)14(4)9-5-6-9;/h9H,5-8H2,1-4H3,(H2,12,13);1H. The first-order chi connectivity index (χ1) is 7.32. The zero-order chi connectivity index (χ0) is 12.3. The zero-order valence-corrected chi connectivity index (χ0v) is 14.2. The fraction of sp³-hybridized carbons (Fsp3) is 0.909. The third-order valence-corrected chi connectivity index (χ3v) is 4.61. The highest BCUT2D eigenvalue weighted by Gasteiger charge is 2.27. The summed E-state index contributed by atoms with van der Waals surface area (Å²) in [4.78, 5) is 6.28. The summed E-state index contributed by atoms with van der Waals surface area (Å²) in [5.41, 5.74) is 5.83. The van der Waals surface area contributed by atoms with Crippen molar-refractivity contribution >= 4 is 40.7 Å². The molecule has 0 aromatic rings. The topological polar surface area (TPSA) is 58.7 Å². The molecule has 1 atom stereocenters. The largest absolute Gasteiger partial charge is 0.370 e. The molecular formula is C11H24IN3OS. The molecular weight excluding hydrogens is 349 g/mol. The van der Waals surface area contributed by atoms with E-state index in [0.29, 0.717) is 24.3 Å². The van der Waals surface area contributed by atoms with Crippen LogP contribution in [0.5, 0.6) is 0 Å². The molecule has 0 saturated heterocycles. The highest BCUT2D eigenvalue weighted by Crippen LogP contribution is 2.24. The van der Waals surface area contributed by atoms with Crippen LogP contribution in [0.1, 0.15) is 33.6 Å². The van der Waals surface area contributed by atoms with Crippen LogP contribution in [0.3, 0.4) is 0 Å². The SMILES string of the molecule is CN(C(N)=NCCS(=O)C(C)(C)C)C1CC1.I. The molecule has 0 spiro atoms. The molecule has 17 heavy (non-hydrogen) atoms. The van der Waals surface area contributed by atoms with Gasteiger partial charge in [0.2, 0.25) is 0 Å². The molecule has 0 aromatic carbocycles. The number of rotatable bonds is 4. The highest BCUT2D eigenvalue weighted by atomic mass is 127. The van der Waals surface area contributed by atoms with Crippen LogP contribution >= 0.6 is 24.0 Å². The van der Waals surface area contributed by atoms with Crippen molar-refractivity contribution in [2.45, 2.75) is 44.4 Å². The molecule has 1 aliphatic rings. The lowest BCUT2D eigenvalue weighted by Crippen LogP contribution is -2.36. The van der Waals surface area contributed by atoms with Crippen LogP contribution in [0.15, 0.2) is 4.99 Å². The quantitative estimate of drug-likeness (QED) is 0.462. The maximum Gasteiger partial charge on any atom is 0.191 e. The van der Waals surface area contributed by atoms with Crippen LogP contribution in [-0.2, 0) is 10.8 Å². The van der Waals surface area contributed by atoms with Crippen molar-refractivity contribution in [1.29, 1.82) is 0 Å². The van der Waals surface area contributed by atoms with Crippen LogP contribution in [0, 0.1) is 0 Å². The van der Waals surface area contributed by atoms with Gasteiger partial charge in [0.05, 0.1) is 6.54 Å². The number of hydrogen-bond donors (Lipinski definition) is 1. The van der Waals surface area contributed by atoms with Crippen molar-refractivity contribution < 1.29 is 4.21 Å². The first-order valence-corrected chi connectivity index (χ1v) is 7.05. The number of aliphatic imine (C=N–C) groups is 1. The average Bonchev–Trinajstić information content (AvgIpc) is 2.97. The van der Waals surface area contributed by atoms with Gasteiger partial charge in [0.25, 0.3) is 0 Å². The molecule has 4 nitrogen and oxygen atoms in total. The molecule has 1 rings (SSSR count). The Morgan fingerprint density at radius 2 is 2.00 bits per heavy atom. The van der Waals surface area contributed by atoms with Crippen molar-refractivity contribution in [3.05, 3.63) is 0 Å². The van der Waals surface area contributed by atoms with E-state index < -0.39 is 10.8 Å². The fourth-order valence-electron chi connectivity index (χ4n) is 1.31. The smallest absolute Gasteiger partial charge is 0.191 e. The third-order valence-electron chi connectivity index (χ3n) is 2.69. The summed E-state index contributed by atoms with van der Waals surface area (Å²) in [6.07, 6.45) is 2.42. The lowest BCUT2D eigenvalue weighted by molar-refractivity contribution is 0.488. The first kappa shape index (κ1) is 17.2. The molecule has 6 heteroatoms. The molecule has 0 aliphatic heterocycles. The Morgan fingerprint density at radius 1 is 1.47 bits per heavy atom. The molecule has 1 unspecified atom stereocenters. The zero-order valence-electron chi connectivity index (χ0n) is 11.1. The second kappa shape index (κ2) is 6.92. The summed E-state index contributed by atoms with van der Waals surface area (Å²) < 4.78 is 11.6.